The number of amides is 1. The highest BCUT2D eigenvalue weighted by atomic mass is 28.2. The third-order valence-corrected chi connectivity index (χ3v) is 4.80. The van der Waals surface area contributed by atoms with Gasteiger partial charge in [0.25, 0.3) is 0 Å². The van der Waals surface area contributed by atoms with Crippen LogP contribution < -0.4 is 5.32 Å². The van der Waals surface area contributed by atoms with Crippen LogP contribution in [0.15, 0.2) is 0 Å². The van der Waals surface area contributed by atoms with E-state index in [9.17, 15) is 20.1 Å². The number of nitrogens with one attached hydrogen (secondary N) is 1. The second-order valence-corrected chi connectivity index (χ2v) is 9.66. The predicted molar refractivity (Wildman–Crippen MR) is 83.9 cm³/mol. The quantitative estimate of drug-likeness (QED) is 0.465. The summed E-state index contributed by atoms with van der Waals surface area (Å²) in [5.41, 5.74) is 0. The number of aliphatic hydroxyl groups is 3. The van der Waals surface area contributed by atoms with Crippen LogP contribution >= 0.6 is 0 Å². The summed E-state index contributed by atoms with van der Waals surface area (Å²) in [6.07, 6.45) is -3.12. The maximum atomic E-state index is 11.8. The van der Waals surface area contributed by atoms with E-state index >= 15 is 0 Å². The summed E-state index contributed by atoms with van der Waals surface area (Å²) in [4.78, 5) is 11.8. The van der Waals surface area contributed by atoms with Crippen molar-refractivity contribution in [1.82, 2.24) is 5.32 Å². The van der Waals surface area contributed by atoms with Crippen molar-refractivity contribution in [1.29, 1.82) is 0 Å². The van der Waals surface area contributed by atoms with E-state index in [1.807, 2.05) is 27.7 Å². The molecule has 1 saturated heterocycles. The Labute approximate surface area is 133 Å². The van der Waals surface area contributed by atoms with Gasteiger partial charge in [-0.25, -0.2) is 0 Å². The number of hydrogen-bond donors (Lipinski definition) is 4. The number of rotatable bonds is 6. The van der Waals surface area contributed by atoms with Gasteiger partial charge in [-0.2, -0.15) is 0 Å². The van der Waals surface area contributed by atoms with Crippen molar-refractivity contribution in [3.8, 4) is 0 Å². The first-order chi connectivity index (χ1) is 10.2. The van der Waals surface area contributed by atoms with Gasteiger partial charge in [0.1, 0.15) is 18.2 Å². The van der Waals surface area contributed by atoms with Crippen molar-refractivity contribution in [3.05, 3.63) is 0 Å². The van der Waals surface area contributed by atoms with E-state index in [1.165, 1.54) is 0 Å². The Morgan fingerprint density at radius 3 is 2.50 bits per heavy atom. The summed E-state index contributed by atoms with van der Waals surface area (Å²) in [5, 5.41) is 32.3. The second-order valence-electron chi connectivity index (χ2n) is 6.92. The largest absolute Gasteiger partial charge is 0.416 e. The second kappa shape index (κ2) is 8.37. The number of ether oxygens (including phenoxy) is 1. The van der Waals surface area contributed by atoms with Gasteiger partial charge in [0.05, 0.1) is 12.7 Å². The van der Waals surface area contributed by atoms with E-state index in [0.29, 0.717) is 12.8 Å². The molecular weight excluding hydrogens is 306 g/mol. The molecule has 0 spiro atoms. The maximum absolute atomic E-state index is 11.8. The molecule has 8 heteroatoms. The zero-order valence-electron chi connectivity index (χ0n) is 13.8. The normalized spacial score (nSPS) is 33.3. The summed E-state index contributed by atoms with van der Waals surface area (Å²) in [5.74, 6) is -0.226. The van der Waals surface area contributed by atoms with Crippen LogP contribution in [0.2, 0.25) is 5.04 Å². The number of carbonyl (C=O) groups is 1. The molecule has 1 amide bonds. The number of carbonyl (C=O) groups excluding carboxylic acids is 1. The summed E-state index contributed by atoms with van der Waals surface area (Å²) in [6.45, 7) is 7.57. The lowest BCUT2D eigenvalue weighted by molar-refractivity contribution is -0.249. The topological polar surface area (TPSA) is 108 Å². The first-order valence-corrected chi connectivity index (χ1v) is 9.01. The van der Waals surface area contributed by atoms with Gasteiger partial charge in [-0.3, -0.25) is 4.79 Å². The minimum atomic E-state index is -1.32. The third kappa shape index (κ3) is 5.60. The number of hydrogen-bond acceptors (Lipinski definition) is 6. The van der Waals surface area contributed by atoms with Gasteiger partial charge in [0.2, 0.25) is 5.91 Å². The molecule has 1 heterocycles. The van der Waals surface area contributed by atoms with Crippen molar-refractivity contribution < 1.29 is 29.3 Å². The zero-order valence-corrected chi connectivity index (χ0v) is 15.2. The third-order valence-electron chi connectivity index (χ3n) is 3.39. The summed E-state index contributed by atoms with van der Waals surface area (Å²) < 4.78 is 11.1. The SMILES string of the molecule is CCCC(=O)N[C@H]1C(O)O[C@H](CO)[C@@H](O)[C@@H]1O[SiH2]C(C)(C)C. The maximum Gasteiger partial charge on any atom is 0.220 e. The smallest absolute Gasteiger partial charge is 0.220 e. The van der Waals surface area contributed by atoms with Crippen LogP contribution in [0.4, 0.5) is 0 Å². The Morgan fingerprint density at radius 2 is 2.00 bits per heavy atom. The molecule has 5 atom stereocenters. The van der Waals surface area contributed by atoms with Gasteiger partial charge in [-0.05, 0) is 11.5 Å². The van der Waals surface area contributed by atoms with Gasteiger partial charge < -0.3 is 29.8 Å². The first kappa shape index (κ1) is 19.5. The minimum absolute atomic E-state index is 0.00430. The molecule has 1 fully saturated rings. The molecule has 130 valence electrons. The van der Waals surface area contributed by atoms with E-state index in [4.69, 9.17) is 9.16 Å². The van der Waals surface area contributed by atoms with E-state index < -0.39 is 47.0 Å². The Bertz CT molecular complexity index is 362. The molecule has 1 aliphatic heterocycles. The fourth-order valence-electron chi connectivity index (χ4n) is 2.27. The van der Waals surface area contributed by atoms with Crippen LogP contribution in [0, 0.1) is 0 Å². The summed E-state index contributed by atoms with van der Waals surface area (Å²) in [7, 11) is -1.02. The molecule has 0 saturated carbocycles. The van der Waals surface area contributed by atoms with E-state index in [0.717, 1.165) is 0 Å². The molecule has 0 aromatic carbocycles. The van der Waals surface area contributed by atoms with E-state index in [-0.39, 0.29) is 10.9 Å². The fourth-order valence-corrected chi connectivity index (χ4v) is 3.37. The molecule has 0 aromatic rings. The Balaban J connectivity index is 2.84. The molecule has 22 heavy (non-hydrogen) atoms. The molecule has 0 aromatic heterocycles. The van der Waals surface area contributed by atoms with Crippen LogP contribution in [0.25, 0.3) is 0 Å². The average molecular weight is 335 g/mol. The number of aliphatic hydroxyl groups excluding tert-OH is 3. The lowest BCUT2D eigenvalue weighted by Gasteiger charge is -2.43. The van der Waals surface area contributed by atoms with Crippen LogP contribution in [-0.2, 0) is 14.0 Å². The predicted octanol–water partition coefficient (Wildman–Crippen LogP) is -0.971. The molecule has 4 N–H and O–H groups in total. The molecule has 1 rings (SSSR count). The Hall–Kier alpha value is -0.513. The van der Waals surface area contributed by atoms with Crippen LogP contribution in [0.3, 0.4) is 0 Å². The van der Waals surface area contributed by atoms with Gasteiger partial charge in [-0.1, -0.05) is 27.7 Å². The average Bonchev–Trinajstić information content (AvgIpc) is 2.41. The molecular formula is C14H29NO6Si. The monoisotopic (exact) mass is 335 g/mol. The van der Waals surface area contributed by atoms with Crippen LogP contribution in [0.5, 0.6) is 0 Å². The van der Waals surface area contributed by atoms with Crippen molar-refractivity contribution in [3.63, 3.8) is 0 Å². The molecule has 0 radical (unpaired) electrons. The fraction of sp³-hybridized carbons (Fsp3) is 0.929. The van der Waals surface area contributed by atoms with Crippen LogP contribution in [0.1, 0.15) is 40.5 Å². The Kier molecular flexibility index (Phi) is 7.43. The van der Waals surface area contributed by atoms with Gasteiger partial charge in [-0.15, -0.1) is 0 Å². The van der Waals surface area contributed by atoms with Crippen molar-refractivity contribution in [2.45, 2.75) is 76.2 Å². The summed E-state index contributed by atoms with van der Waals surface area (Å²) >= 11 is 0. The van der Waals surface area contributed by atoms with Crippen LogP contribution in [-0.4, -0.2) is 68.2 Å². The highest BCUT2D eigenvalue weighted by Crippen LogP contribution is 2.26. The minimum Gasteiger partial charge on any atom is -0.416 e. The molecule has 0 aliphatic carbocycles. The highest BCUT2D eigenvalue weighted by molar-refractivity contribution is 6.31. The standard InChI is InChI=1S/C14H29NO6Si/c1-5-6-9(17)15-10-12(21-22-14(2,3)4)11(18)8(7-16)20-13(10)19/h8,10-13,16,18-19H,5-7,22H2,1-4H3,(H,15,17)/t8-,10-,11-,12-,13?/m1/s1. The van der Waals surface area contributed by atoms with E-state index in [2.05, 4.69) is 5.32 Å². The lowest BCUT2D eigenvalue weighted by atomic mass is 9.97. The molecule has 7 nitrogen and oxygen atoms in total. The first-order valence-electron chi connectivity index (χ1n) is 7.73. The molecule has 0 bridgehead atoms. The van der Waals surface area contributed by atoms with Crippen molar-refractivity contribution in [2.24, 2.45) is 0 Å². The lowest BCUT2D eigenvalue weighted by Crippen LogP contribution is -2.65. The van der Waals surface area contributed by atoms with Crippen molar-refractivity contribution in [2.75, 3.05) is 6.61 Å². The Morgan fingerprint density at radius 1 is 1.36 bits per heavy atom. The van der Waals surface area contributed by atoms with Gasteiger partial charge in [0.15, 0.2) is 16.1 Å². The van der Waals surface area contributed by atoms with Gasteiger partial charge in [0, 0.05) is 6.42 Å². The molecule has 1 aliphatic rings. The molecule has 1 unspecified atom stereocenters. The zero-order chi connectivity index (χ0) is 16.9. The van der Waals surface area contributed by atoms with E-state index in [1.54, 1.807) is 0 Å². The van der Waals surface area contributed by atoms with Gasteiger partial charge >= 0.3 is 0 Å². The highest BCUT2D eigenvalue weighted by Gasteiger charge is 2.45. The summed E-state index contributed by atoms with van der Waals surface area (Å²) in [6, 6.07) is -0.841. The van der Waals surface area contributed by atoms with Crippen molar-refractivity contribution >= 4 is 15.7 Å².